The van der Waals surface area contributed by atoms with Gasteiger partial charge in [-0.05, 0) is 6.42 Å². The first-order valence-electron chi connectivity index (χ1n) is 4.82. The van der Waals surface area contributed by atoms with E-state index in [2.05, 4.69) is 20.5 Å². The molecule has 1 fully saturated rings. The molecule has 2 rings (SSSR count). The number of amides is 2. The molecule has 16 heavy (non-hydrogen) atoms. The molecule has 1 unspecified atom stereocenters. The summed E-state index contributed by atoms with van der Waals surface area (Å²) >= 11 is 0. The smallest absolute Gasteiger partial charge is 0.251 e. The molecular weight excluding hydrogens is 212 g/mol. The number of rotatable bonds is 2. The summed E-state index contributed by atoms with van der Waals surface area (Å²) in [6, 6.07) is -0.474. The zero-order valence-corrected chi connectivity index (χ0v) is 8.73. The molecule has 0 radical (unpaired) electrons. The van der Waals surface area contributed by atoms with Crippen molar-refractivity contribution in [3.63, 3.8) is 0 Å². The Labute approximate surface area is 91.2 Å². The lowest BCUT2D eigenvalue weighted by atomic mass is 10.1. The quantitative estimate of drug-likeness (QED) is 0.551. The molecule has 0 bridgehead atoms. The van der Waals surface area contributed by atoms with E-state index in [9.17, 15) is 9.59 Å². The summed E-state index contributed by atoms with van der Waals surface area (Å²) in [7, 11) is 1.46. The zero-order chi connectivity index (χ0) is 11.7. The number of aromatic amines is 1. The number of H-pyrrole nitrogens is 1. The van der Waals surface area contributed by atoms with E-state index in [0.29, 0.717) is 12.8 Å². The molecule has 0 saturated carbocycles. The Morgan fingerprint density at radius 3 is 2.94 bits per heavy atom. The second-order valence-corrected chi connectivity index (χ2v) is 3.57. The van der Waals surface area contributed by atoms with Crippen LogP contribution in [0.25, 0.3) is 0 Å². The van der Waals surface area contributed by atoms with E-state index in [1.165, 1.54) is 7.05 Å². The minimum Gasteiger partial charge on any atom is -0.368 e. The lowest BCUT2D eigenvalue weighted by Gasteiger charge is -2.27. The highest BCUT2D eigenvalue weighted by atomic mass is 16.2. The van der Waals surface area contributed by atoms with Gasteiger partial charge >= 0.3 is 0 Å². The molecule has 86 valence electrons. The normalized spacial score (nSPS) is 21.3. The van der Waals surface area contributed by atoms with Crippen LogP contribution in [0.5, 0.6) is 0 Å². The average Bonchev–Trinajstić information content (AvgIpc) is 2.65. The molecule has 1 aliphatic heterocycles. The molecule has 1 atom stereocenters. The first-order valence-corrected chi connectivity index (χ1v) is 4.82. The topological polar surface area (TPSA) is 117 Å². The summed E-state index contributed by atoms with van der Waals surface area (Å²) in [5.74, 6) is -0.00837. The van der Waals surface area contributed by atoms with E-state index in [0.717, 1.165) is 4.90 Å². The van der Waals surface area contributed by atoms with Gasteiger partial charge in [0.2, 0.25) is 17.8 Å². The number of hydrogen-bond donors (Lipinski definition) is 3. The van der Waals surface area contributed by atoms with Gasteiger partial charge in [0.05, 0.1) is 0 Å². The number of nitrogens with one attached hydrogen (secondary N) is 2. The number of carbonyl (C=O) groups is 2. The van der Waals surface area contributed by atoms with Crippen LogP contribution >= 0.6 is 0 Å². The van der Waals surface area contributed by atoms with Crippen LogP contribution in [0.3, 0.4) is 0 Å². The third-order valence-electron chi connectivity index (χ3n) is 2.46. The van der Waals surface area contributed by atoms with Gasteiger partial charge < -0.3 is 11.1 Å². The number of nitrogens with two attached hydrogens (primary N) is 1. The third-order valence-corrected chi connectivity index (χ3v) is 2.46. The van der Waals surface area contributed by atoms with Gasteiger partial charge in [-0.3, -0.25) is 14.5 Å². The fourth-order valence-corrected chi connectivity index (χ4v) is 1.54. The van der Waals surface area contributed by atoms with Crippen LogP contribution in [0, 0.1) is 0 Å². The van der Waals surface area contributed by atoms with E-state index >= 15 is 0 Å². The predicted octanol–water partition coefficient (Wildman–Crippen LogP) is -1.05. The van der Waals surface area contributed by atoms with Crippen LogP contribution in [0.15, 0.2) is 0 Å². The van der Waals surface area contributed by atoms with E-state index in [4.69, 9.17) is 5.73 Å². The van der Waals surface area contributed by atoms with Crippen LogP contribution in [0.1, 0.15) is 12.8 Å². The standard InChI is InChI=1S/C8H12N6O2/c1-14-5(15)3-2-4(6(14)16)10-8-11-7(9)12-13-8/h4H,2-3H2,1H3,(H4,9,10,11,12,13). The van der Waals surface area contributed by atoms with Crippen molar-refractivity contribution in [2.75, 3.05) is 18.1 Å². The van der Waals surface area contributed by atoms with Crippen LogP contribution in [0.2, 0.25) is 0 Å². The zero-order valence-electron chi connectivity index (χ0n) is 8.73. The first kappa shape index (κ1) is 10.4. The van der Waals surface area contributed by atoms with E-state index in [1.54, 1.807) is 0 Å². The van der Waals surface area contributed by atoms with Gasteiger partial charge in [-0.25, -0.2) is 5.10 Å². The molecule has 8 heteroatoms. The average molecular weight is 224 g/mol. The Morgan fingerprint density at radius 2 is 2.31 bits per heavy atom. The summed E-state index contributed by atoms with van der Waals surface area (Å²) in [5.41, 5.74) is 5.35. The van der Waals surface area contributed by atoms with Crippen molar-refractivity contribution >= 4 is 23.7 Å². The van der Waals surface area contributed by atoms with Crippen LogP contribution < -0.4 is 11.1 Å². The largest absolute Gasteiger partial charge is 0.368 e. The minimum absolute atomic E-state index is 0.169. The van der Waals surface area contributed by atoms with Crippen molar-refractivity contribution in [1.82, 2.24) is 20.1 Å². The number of anilines is 2. The highest BCUT2D eigenvalue weighted by Gasteiger charge is 2.32. The summed E-state index contributed by atoms with van der Waals surface area (Å²) in [5, 5.41) is 9.04. The van der Waals surface area contributed by atoms with Gasteiger partial charge in [0.25, 0.3) is 5.91 Å². The van der Waals surface area contributed by atoms with Gasteiger partial charge in [0.15, 0.2) is 0 Å². The summed E-state index contributed by atoms with van der Waals surface area (Å²) in [4.78, 5) is 27.9. The molecular formula is C8H12N6O2. The van der Waals surface area contributed by atoms with Gasteiger partial charge in [0.1, 0.15) is 6.04 Å². The SMILES string of the molecule is CN1C(=O)CCC(Nc2n[nH]c(N)n2)C1=O. The monoisotopic (exact) mass is 224 g/mol. The fraction of sp³-hybridized carbons (Fsp3) is 0.500. The number of imide groups is 1. The lowest BCUT2D eigenvalue weighted by Crippen LogP contribution is -2.48. The molecule has 0 spiro atoms. The lowest BCUT2D eigenvalue weighted by molar-refractivity contribution is -0.146. The number of nitrogens with zero attached hydrogens (tertiary/aromatic N) is 3. The number of nitrogen functional groups attached to an aromatic ring is 1. The third kappa shape index (κ3) is 1.81. The van der Waals surface area contributed by atoms with Crippen molar-refractivity contribution in [2.24, 2.45) is 0 Å². The number of piperidine rings is 1. The number of likely N-dealkylation sites (tertiary alicyclic amines) is 1. The molecule has 1 aromatic rings. The number of hydrogen-bond acceptors (Lipinski definition) is 6. The summed E-state index contributed by atoms with van der Waals surface area (Å²) in [6.45, 7) is 0. The Morgan fingerprint density at radius 1 is 1.56 bits per heavy atom. The maximum Gasteiger partial charge on any atom is 0.251 e. The molecule has 1 saturated heterocycles. The van der Waals surface area contributed by atoms with Crippen LogP contribution in [0.4, 0.5) is 11.9 Å². The Balaban J connectivity index is 2.06. The predicted molar refractivity (Wildman–Crippen MR) is 55.2 cm³/mol. The van der Waals surface area contributed by atoms with Crippen molar-refractivity contribution < 1.29 is 9.59 Å². The van der Waals surface area contributed by atoms with Gasteiger partial charge in [-0.2, -0.15) is 4.98 Å². The summed E-state index contributed by atoms with van der Waals surface area (Å²) < 4.78 is 0. The Bertz CT molecular complexity index is 428. The Hall–Kier alpha value is -2.12. The highest BCUT2D eigenvalue weighted by molar-refractivity contribution is 6.01. The Kier molecular flexibility index (Phi) is 2.47. The van der Waals surface area contributed by atoms with E-state index in [1.807, 2.05) is 0 Å². The highest BCUT2D eigenvalue weighted by Crippen LogP contribution is 2.14. The van der Waals surface area contributed by atoms with Crippen molar-refractivity contribution in [1.29, 1.82) is 0 Å². The molecule has 1 aliphatic rings. The minimum atomic E-state index is -0.474. The van der Waals surface area contributed by atoms with Crippen molar-refractivity contribution in [3.05, 3.63) is 0 Å². The van der Waals surface area contributed by atoms with Crippen molar-refractivity contribution in [2.45, 2.75) is 18.9 Å². The maximum atomic E-state index is 11.7. The molecule has 2 amide bonds. The summed E-state index contributed by atoms with van der Waals surface area (Å²) in [6.07, 6.45) is 0.774. The molecule has 1 aromatic heterocycles. The maximum absolute atomic E-state index is 11.7. The van der Waals surface area contributed by atoms with Gasteiger partial charge in [0, 0.05) is 13.5 Å². The second kappa shape index (κ2) is 3.80. The van der Waals surface area contributed by atoms with Gasteiger partial charge in [-0.15, -0.1) is 5.10 Å². The molecule has 4 N–H and O–H groups in total. The van der Waals surface area contributed by atoms with Crippen LogP contribution in [-0.4, -0.2) is 45.0 Å². The molecule has 0 aromatic carbocycles. The van der Waals surface area contributed by atoms with E-state index in [-0.39, 0.29) is 23.7 Å². The molecule has 8 nitrogen and oxygen atoms in total. The number of likely N-dealkylation sites (N-methyl/N-ethyl adjacent to an activating group) is 1. The van der Waals surface area contributed by atoms with E-state index < -0.39 is 6.04 Å². The fourth-order valence-electron chi connectivity index (χ4n) is 1.54. The molecule has 2 heterocycles. The van der Waals surface area contributed by atoms with Gasteiger partial charge in [-0.1, -0.05) is 0 Å². The second-order valence-electron chi connectivity index (χ2n) is 3.57. The number of carbonyl (C=O) groups excluding carboxylic acids is 2. The number of aromatic nitrogens is 3. The van der Waals surface area contributed by atoms with Crippen molar-refractivity contribution in [3.8, 4) is 0 Å². The first-order chi connectivity index (χ1) is 7.58. The molecule has 0 aliphatic carbocycles. The van der Waals surface area contributed by atoms with Crippen LogP contribution in [-0.2, 0) is 9.59 Å².